The maximum Gasteiger partial charge on any atom is 0.261 e. The van der Waals surface area contributed by atoms with Gasteiger partial charge >= 0.3 is 0 Å². The maximum atomic E-state index is 13.6. The topological polar surface area (TPSA) is 91.8 Å². The molecule has 39 heavy (non-hydrogen) atoms. The number of thiazole rings is 1. The third-order valence-corrected chi connectivity index (χ3v) is 8.57. The predicted octanol–water partition coefficient (Wildman–Crippen LogP) is 5.92. The smallest absolute Gasteiger partial charge is 0.261 e. The molecule has 0 aliphatic heterocycles. The van der Waals surface area contributed by atoms with Crippen LogP contribution in [-0.2, 0) is 10.0 Å². The molecule has 1 N–H and O–H groups in total. The highest BCUT2D eigenvalue weighted by Gasteiger charge is 2.23. The summed E-state index contributed by atoms with van der Waals surface area (Å²) in [6.45, 7) is 1.18. The van der Waals surface area contributed by atoms with Gasteiger partial charge in [-0.05, 0) is 87.7 Å². The first-order valence-corrected chi connectivity index (χ1v) is 14.2. The lowest BCUT2D eigenvalue weighted by molar-refractivity contribution is 0.0986. The first-order chi connectivity index (χ1) is 18.1. The van der Waals surface area contributed by atoms with Gasteiger partial charge in [-0.2, -0.15) is 0 Å². The first-order valence-electron chi connectivity index (χ1n) is 11.6. The van der Waals surface area contributed by atoms with Gasteiger partial charge in [-0.3, -0.25) is 14.4 Å². The zero-order valence-corrected chi connectivity index (χ0v) is 24.6. The number of sulfonamides is 1. The molecule has 0 atom stereocenters. The van der Waals surface area contributed by atoms with Gasteiger partial charge in [0, 0.05) is 17.8 Å². The number of nitrogens with zero attached hydrogens (tertiary/aromatic N) is 3. The second kappa shape index (κ2) is 12.9. The number of hydrogen-bond donors (Lipinski definition) is 1. The van der Waals surface area contributed by atoms with Crippen LogP contribution < -0.4 is 14.4 Å². The van der Waals surface area contributed by atoms with Crippen molar-refractivity contribution in [1.82, 2.24) is 9.88 Å². The van der Waals surface area contributed by atoms with Crippen LogP contribution in [-0.4, -0.2) is 58.5 Å². The van der Waals surface area contributed by atoms with E-state index in [1.807, 2.05) is 19.0 Å². The molecule has 0 saturated heterocycles. The molecule has 0 aliphatic carbocycles. The summed E-state index contributed by atoms with van der Waals surface area (Å²) in [6, 6.07) is 14.1. The lowest BCUT2D eigenvalue weighted by atomic mass is 10.2. The number of hydrogen-bond acceptors (Lipinski definition) is 7. The third kappa shape index (κ3) is 7.17. The first kappa shape index (κ1) is 30.6. The number of ether oxygens (including phenoxy) is 1. The Kier molecular flexibility index (Phi) is 10.1. The van der Waals surface area contributed by atoms with Crippen molar-refractivity contribution in [3.63, 3.8) is 0 Å². The van der Waals surface area contributed by atoms with Crippen molar-refractivity contribution < 1.29 is 22.3 Å². The number of aromatic nitrogens is 1. The summed E-state index contributed by atoms with van der Waals surface area (Å²) >= 11 is 7.70. The van der Waals surface area contributed by atoms with Gasteiger partial charge in [0.2, 0.25) is 0 Å². The Labute approximate surface area is 241 Å². The number of amides is 1. The van der Waals surface area contributed by atoms with E-state index < -0.39 is 15.8 Å². The van der Waals surface area contributed by atoms with Gasteiger partial charge in [0.15, 0.2) is 5.13 Å². The van der Waals surface area contributed by atoms with E-state index in [-0.39, 0.29) is 28.9 Å². The number of carbonyl (C=O) groups is 1. The lowest BCUT2D eigenvalue weighted by Crippen LogP contribution is -2.33. The number of fused-ring (bicyclic) bond motifs is 1. The van der Waals surface area contributed by atoms with Crippen molar-refractivity contribution >= 4 is 72.3 Å². The maximum absolute atomic E-state index is 13.6. The quantitative estimate of drug-likeness (QED) is 0.239. The predicted molar refractivity (Wildman–Crippen MR) is 157 cm³/mol. The molecule has 0 spiro atoms. The number of rotatable bonds is 10. The molecule has 1 heterocycles. The van der Waals surface area contributed by atoms with Gasteiger partial charge in [-0.15, -0.1) is 12.4 Å². The van der Waals surface area contributed by atoms with E-state index in [4.69, 9.17) is 16.3 Å². The molecule has 1 amide bonds. The fourth-order valence-electron chi connectivity index (χ4n) is 3.71. The lowest BCUT2D eigenvalue weighted by Gasteiger charge is -2.21. The molecular formula is C26H27Cl2FN4O4S2. The highest BCUT2D eigenvalue weighted by atomic mass is 35.5. The van der Waals surface area contributed by atoms with Crippen LogP contribution in [0.3, 0.4) is 0 Å². The molecule has 8 nitrogen and oxygen atoms in total. The van der Waals surface area contributed by atoms with Crippen LogP contribution in [0.25, 0.3) is 10.2 Å². The monoisotopic (exact) mass is 612 g/mol. The van der Waals surface area contributed by atoms with Crippen molar-refractivity contribution in [2.24, 2.45) is 0 Å². The minimum Gasteiger partial charge on any atom is -0.494 e. The molecule has 3 aromatic carbocycles. The Bertz CT molecular complexity index is 1550. The molecule has 0 unspecified atom stereocenters. The normalized spacial score (nSPS) is 11.3. The number of carbonyl (C=O) groups excluding carboxylic acids is 1. The van der Waals surface area contributed by atoms with Crippen molar-refractivity contribution in [3.05, 3.63) is 77.1 Å². The zero-order valence-electron chi connectivity index (χ0n) is 21.4. The van der Waals surface area contributed by atoms with Crippen molar-refractivity contribution in [3.8, 4) is 5.75 Å². The number of halogens is 3. The van der Waals surface area contributed by atoms with Gasteiger partial charge in [-0.25, -0.2) is 17.8 Å². The highest BCUT2D eigenvalue weighted by molar-refractivity contribution is 7.92. The largest absolute Gasteiger partial charge is 0.494 e. The highest BCUT2D eigenvalue weighted by Crippen LogP contribution is 2.39. The van der Waals surface area contributed by atoms with Gasteiger partial charge in [0.25, 0.3) is 15.9 Å². The zero-order chi connectivity index (χ0) is 27.4. The average Bonchev–Trinajstić information content (AvgIpc) is 3.33. The summed E-state index contributed by atoms with van der Waals surface area (Å²) in [5, 5.41) is 0.999. The van der Waals surface area contributed by atoms with E-state index in [1.54, 1.807) is 36.3 Å². The van der Waals surface area contributed by atoms with Gasteiger partial charge in [0.05, 0.1) is 21.7 Å². The van der Waals surface area contributed by atoms with Crippen molar-refractivity contribution in [1.29, 1.82) is 0 Å². The number of nitrogens with one attached hydrogen (secondary N) is 1. The molecule has 1 aromatic heterocycles. The molecule has 0 bridgehead atoms. The Hall–Kier alpha value is -2.96. The molecular weight excluding hydrogens is 586 g/mol. The minimum atomic E-state index is -3.92. The number of benzene rings is 3. The Morgan fingerprint density at radius 1 is 1.05 bits per heavy atom. The molecule has 0 fully saturated rings. The average molecular weight is 614 g/mol. The van der Waals surface area contributed by atoms with E-state index in [0.29, 0.717) is 39.9 Å². The summed E-state index contributed by atoms with van der Waals surface area (Å²) < 4.78 is 47.0. The van der Waals surface area contributed by atoms with Gasteiger partial charge in [0.1, 0.15) is 17.1 Å². The molecule has 4 rings (SSSR count). The van der Waals surface area contributed by atoms with Crippen molar-refractivity contribution in [2.45, 2.75) is 11.3 Å². The van der Waals surface area contributed by atoms with Crippen LogP contribution in [0.2, 0.25) is 5.02 Å². The molecule has 208 valence electrons. The molecule has 0 radical (unpaired) electrons. The van der Waals surface area contributed by atoms with Crippen LogP contribution in [0, 0.1) is 5.82 Å². The minimum absolute atomic E-state index is 0. The SMILES string of the molecule is COc1ccc(Cl)c2sc(N(CCCN(C)C)C(=O)c3ccc(NS(=O)(=O)c4ccc(F)cc4)cc3)nc12.Cl. The van der Waals surface area contributed by atoms with Gasteiger partial charge < -0.3 is 9.64 Å². The van der Waals surface area contributed by atoms with Crippen LogP contribution in [0.15, 0.2) is 65.6 Å². The fraction of sp³-hybridized carbons (Fsp3) is 0.231. The number of methoxy groups -OCH3 is 1. The molecule has 0 aliphatic rings. The van der Waals surface area contributed by atoms with Crippen LogP contribution in [0.4, 0.5) is 15.2 Å². The second-order valence-electron chi connectivity index (χ2n) is 8.67. The summed E-state index contributed by atoms with van der Waals surface area (Å²) in [4.78, 5) is 21.9. The summed E-state index contributed by atoms with van der Waals surface area (Å²) in [5.74, 6) is -0.257. The van der Waals surface area contributed by atoms with E-state index in [1.165, 1.54) is 35.6 Å². The molecule has 0 saturated carbocycles. The summed E-state index contributed by atoms with van der Waals surface area (Å²) in [7, 11) is 1.55. The summed E-state index contributed by atoms with van der Waals surface area (Å²) in [6.07, 6.45) is 0.703. The van der Waals surface area contributed by atoms with E-state index >= 15 is 0 Å². The fourth-order valence-corrected chi connectivity index (χ4v) is 6.05. The molecule has 4 aromatic rings. The second-order valence-corrected chi connectivity index (χ2v) is 11.7. The third-order valence-electron chi connectivity index (χ3n) is 5.64. The molecule has 13 heteroatoms. The Balaban J connectivity index is 0.00000420. The van der Waals surface area contributed by atoms with Crippen LogP contribution in [0.5, 0.6) is 5.75 Å². The Morgan fingerprint density at radius 3 is 2.33 bits per heavy atom. The van der Waals surface area contributed by atoms with E-state index in [9.17, 15) is 17.6 Å². The summed E-state index contributed by atoms with van der Waals surface area (Å²) in [5.41, 5.74) is 1.20. The van der Waals surface area contributed by atoms with E-state index in [2.05, 4.69) is 9.71 Å². The van der Waals surface area contributed by atoms with Crippen LogP contribution in [0.1, 0.15) is 16.8 Å². The van der Waals surface area contributed by atoms with Crippen molar-refractivity contribution in [2.75, 3.05) is 43.9 Å². The Morgan fingerprint density at radius 2 is 1.72 bits per heavy atom. The van der Waals surface area contributed by atoms with Crippen LogP contribution >= 0.6 is 35.3 Å². The standard InChI is InChI=1S/C26H26ClFN4O4S2.ClH/c1-31(2)15-4-16-32(26-29-23-22(36-3)14-13-21(27)24(23)37-26)25(33)17-5-9-19(10-6-17)30-38(34,35)20-11-7-18(28)8-12-20;/h5-14,30H,4,15-16H2,1-3H3;1H. The van der Waals surface area contributed by atoms with Gasteiger partial charge in [-0.1, -0.05) is 22.9 Å². The van der Waals surface area contributed by atoms with E-state index in [0.717, 1.165) is 23.4 Å². The number of anilines is 2.